The molecule has 5 heteroatoms. The number of hydrogen-bond acceptors (Lipinski definition) is 2. The predicted molar refractivity (Wildman–Crippen MR) is 71.9 cm³/mol. The lowest BCUT2D eigenvalue weighted by Crippen LogP contribution is -2.24. The molecule has 100 valence electrons. The molecule has 0 aliphatic rings. The lowest BCUT2D eigenvalue weighted by molar-refractivity contribution is 0.0952. The van der Waals surface area contributed by atoms with Crippen molar-refractivity contribution in [3.05, 3.63) is 34.1 Å². The van der Waals surface area contributed by atoms with Crippen LogP contribution in [0.4, 0.5) is 4.39 Å². The largest absolute Gasteiger partial charge is 0.396 e. The van der Waals surface area contributed by atoms with Crippen LogP contribution in [-0.2, 0) is 0 Å². The van der Waals surface area contributed by atoms with Crippen molar-refractivity contribution in [1.29, 1.82) is 0 Å². The van der Waals surface area contributed by atoms with E-state index >= 15 is 0 Å². The average molecular weight is 318 g/mol. The van der Waals surface area contributed by atoms with E-state index in [4.69, 9.17) is 5.11 Å². The molecule has 0 radical (unpaired) electrons. The van der Waals surface area contributed by atoms with Gasteiger partial charge in [0.15, 0.2) is 0 Å². The van der Waals surface area contributed by atoms with E-state index in [1.807, 2.05) is 6.92 Å². The van der Waals surface area contributed by atoms with Gasteiger partial charge in [0, 0.05) is 18.7 Å². The Morgan fingerprint density at radius 1 is 1.56 bits per heavy atom. The highest BCUT2D eigenvalue weighted by Gasteiger charge is 2.08. The molecule has 2 N–H and O–H groups in total. The molecule has 0 bridgehead atoms. The van der Waals surface area contributed by atoms with Gasteiger partial charge in [0.25, 0.3) is 5.91 Å². The van der Waals surface area contributed by atoms with Crippen LogP contribution in [0.5, 0.6) is 0 Å². The zero-order chi connectivity index (χ0) is 13.5. The number of carbonyl (C=O) groups is 1. The molecule has 1 amide bonds. The van der Waals surface area contributed by atoms with Gasteiger partial charge in [-0.25, -0.2) is 4.39 Å². The number of aliphatic hydroxyl groups is 1. The van der Waals surface area contributed by atoms with Crippen molar-refractivity contribution in [3.8, 4) is 0 Å². The topological polar surface area (TPSA) is 49.3 Å². The van der Waals surface area contributed by atoms with Gasteiger partial charge in [-0.1, -0.05) is 6.92 Å². The van der Waals surface area contributed by atoms with E-state index in [9.17, 15) is 9.18 Å². The number of amides is 1. The Kier molecular flexibility index (Phi) is 6.29. The second-order valence-electron chi connectivity index (χ2n) is 4.31. The van der Waals surface area contributed by atoms with E-state index in [1.165, 1.54) is 18.2 Å². The summed E-state index contributed by atoms with van der Waals surface area (Å²) in [7, 11) is 0. The number of nitrogens with one attached hydrogen (secondary N) is 1. The standard InChI is InChI=1S/C13H17BrFNO2/c1-9(8-17)3-2-6-16-13(18)10-4-5-12(15)11(14)7-10/h4-5,7,9,17H,2-3,6,8H2,1H3,(H,16,18). The van der Waals surface area contributed by atoms with E-state index in [2.05, 4.69) is 21.2 Å². The first-order chi connectivity index (χ1) is 8.54. The highest BCUT2D eigenvalue weighted by atomic mass is 79.9. The fourth-order valence-electron chi connectivity index (χ4n) is 1.48. The van der Waals surface area contributed by atoms with Crippen LogP contribution in [0.2, 0.25) is 0 Å². The maximum absolute atomic E-state index is 13.0. The Hall–Kier alpha value is -0.940. The Labute approximate surface area is 115 Å². The van der Waals surface area contributed by atoms with Crippen molar-refractivity contribution in [2.45, 2.75) is 19.8 Å². The Morgan fingerprint density at radius 2 is 2.28 bits per heavy atom. The minimum atomic E-state index is -0.386. The third-order valence-corrected chi connectivity index (χ3v) is 3.26. The van der Waals surface area contributed by atoms with E-state index in [0.717, 1.165) is 12.8 Å². The molecule has 3 nitrogen and oxygen atoms in total. The summed E-state index contributed by atoms with van der Waals surface area (Å²) < 4.78 is 13.3. The minimum Gasteiger partial charge on any atom is -0.396 e. The molecule has 1 aromatic carbocycles. The van der Waals surface area contributed by atoms with Crippen molar-refractivity contribution in [2.75, 3.05) is 13.2 Å². The first-order valence-corrected chi connectivity index (χ1v) is 6.68. The van der Waals surface area contributed by atoms with Gasteiger partial charge in [-0.2, -0.15) is 0 Å². The third-order valence-electron chi connectivity index (χ3n) is 2.65. The van der Waals surface area contributed by atoms with E-state index in [-0.39, 0.29) is 28.7 Å². The van der Waals surface area contributed by atoms with Crippen molar-refractivity contribution in [2.24, 2.45) is 5.92 Å². The van der Waals surface area contributed by atoms with Gasteiger partial charge in [0.05, 0.1) is 4.47 Å². The van der Waals surface area contributed by atoms with Gasteiger partial charge in [-0.15, -0.1) is 0 Å². The van der Waals surface area contributed by atoms with Crippen LogP contribution in [0.3, 0.4) is 0 Å². The van der Waals surface area contributed by atoms with Gasteiger partial charge in [-0.05, 0) is 52.9 Å². The number of benzene rings is 1. The van der Waals surface area contributed by atoms with E-state index in [0.29, 0.717) is 12.1 Å². The van der Waals surface area contributed by atoms with Crippen LogP contribution < -0.4 is 5.32 Å². The second-order valence-corrected chi connectivity index (χ2v) is 5.17. The Bertz CT molecular complexity index is 412. The van der Waals surface area contributed by atoms with Crippen LogP contribution >= 0.6 is 15.9 Å². The van der Waals surface area contributed by atoms with Gasteiger partial charge in [-0.3, -0.25) is 4.79 Å². The van der Waals surface area contributed by atoms with Gasteiger partial charge in [0.1, 0.15) is 5.82 Å². The van der Waals surface area contributed by atoms with Crippen LogP contribution in [0.1, 0.15) is 30.1 Å². The zero-order valence-electron chi connectivity index (χ0n) is 10.2. The molecule has 0 heterocycles. The molecule has 0 aromatic heterocycles. The maximum atomic E-state index is 13.0. The predicted octanol–water partition coefficient (Wildman–Crippen LogP) is 2.73. The zero-order valence-corrected chi connectivity index (χ0v) is 11.8. The quantitative estimate of drug-likeness (QED) is 0.793. The summed E-state index contributed by atoms with van der Waals surface area (Å²) in [6.07, 6.45) is 1.68. The molecule has 0 fully saturated rings. The average Bonchev–Trinajstić information content (AvgIpc) is 2.37. The first kappa shape index (κ1) is 15.1. The van der Waals surface area contributed by atoms with Gasteiger partial charge < -0.3 is 10.4 Å². The molecular formula is C13H17BrFNO2. The molecule has 1 atom stereocenters. The molecule has 0 spiro atoms. The summed E-state index contributed by atoms with van der Waals surface area (Å²) in [4.78, 5) is 11.7. The van der Waals surface area contributed by atoms with E-state index < -0.39 is 0 Å². The van der Waals surface area contributed by atoms with Crippen LogP contribution in [0.15, 0.2) is 22.7 Å². The summed E-state index contributed by atoms with van der Waals surface area (Å²) in [6.45, 7) is 2.68. The summed E-state index contributed by atoms with van der Waals surface area (Å²) in [5, 5.41) is 11.6. The number of aliphatic hydroxyl groups excluding tert-OH is 1. The van der Waals surface area contributed by atoms with Crippen LogP contribution in [-0.4, -0.2) is 24.2 Å². The minimum absolute atomic E-state index is 0.166. The lowest BCUT2D eigenvalue weighted by Gasteiger charge is -2.08. The molecule has 1 aromatic rings. The third kappa shape index (κ3) is 4.74. The highest BCUT2D eigenvalue weighted by molar-refractivity contribution is 9.10. The van der Waals surface area contributed by atoms with Crippen LogP contribution in [0.25, 0.3) is 0 Å². The van der Waals surface area contributed by atoms with Crippen molar-refractivity contribution in [1.82, 2.24) is 5.32 Å². The van der Waals surface area contributed by atoms with Gasteiger partial charge in [0.2, 0.25) is 0 Å². The maximum Gasteiger partial charge on any atom is 0.251 e. The molecular weight excluding hydrogens is 301 g/mol. The fraction of sp³-hybridized carbons (Fsp3) is 0.462. The van der Waals surface area contributed by atoms with Crippen LogP contribution in [0, 0.1) is 11.7 Å². The summed E-state index contributed by atoms with van der Waals surface area (Å²) in [5.41, 5.74) is 0.429. The van der Waals surface area contributed by atoms with Gasteiger partial charge >= 0.3 is 0 Å². The number of carbonyl (C=O) groups excluding carboxylic acids is 1. The van der Waals surface area contributed by atoms with Crippen molar-refractivity contribution in [3.63, 3.8) is 0 Å². The first-order valence-electron chi connectivity index (χ1n) is 5.88. The SMILES string of the molecule is CC(CO)CCCNC(=O)c1ccc(F)c(Br)c1. The molecule has 0 saturated heterocycles. The molecule has 0 saturated carbocycles. The van der Waals surface area contributed by atoms with Crippen molar-refractivity contribution >= 4 is 21.8 Å². The lowest BCUT2D eigenvalue weighted by atomic mass is 10.1. The van der Waals surface area contributed by atoms with E-state index in [1.54, 1.807) is 0 Å². The highest BCUT2D eigenvalue weighted by Crippen LogP contribution is 2.16. The normalized spacial score (nSPS) is 12.2. The Balaban J connectivity index is 2.39. The molecule has 1 rings (SSSR count). The number of hydrogen-bond donors (Lipinski definition) is 2. The smallest absolute Gasteiger partial charge is 0.251 e. The van der Waals surface area contributed by atoms with Crippen molar-refractivity contribution < 1.29 is 14.3 Å². The number of rotatable bonds is 6. The Morgan fingerprint density at radius 3 is 2.89 bits per heavy atom. The molecule has 0 aliphatic heterocycles. The molecule has 0 aliphatic carbocycles. The summed E-state index contributed by atoms with van der Waals surface area (Å²) in [6, 6.07) is 4.17. The summed E-state index contributed by atoms with van der Waals surface area (Å²) >= 11 is 3.04. The summed E-state index contributed by atoms with van der Waals surface area (Å²) in [5.74, 6) is -0.350. The fourth-order valence-corrected chi connectivity index (χ4v) is 1.86. The number of halogens is 2. The molecule has 18 heavy (non-hydrogen) atoms. The second kappa shape index (κ2) is 7.48. The molecule has 1 unspecified atom stereocenters. The monoisotopic (exact) mass is 317 g/mol.